The van der Waals surface area contributed by atoms with E-state index in [0.717, 1.165) is 36.7 Å². The fourth-order valence-electron chi connectivity index (χ4n) is 1.91. The predicted octanol–water partition coefficient (Wildman–Crippen LogP) is 2.41. The molecule has 90 valence electrons. The van der Waals surface area contributed by atoms with Crippen LogP contribution in [0.5, 0.6) is 0 Å². The first kappa shape index (κ1) is 12.0. The normalized spacial score (nSPS) is 24.4. The average Bonchev–Trinajstić information content (AvgIpc) is 2.64. The molecule has 1 fully saturated rings. The van der Waals surface area contributed by atoms with Crippen molar-refractivity contribution in [2.75, 3.05) is 13.4 Å². The van der Waals surface area contributed by atoms with Crippen LogP contribution in [0, 0.1) is 0 Å². The molecule has 0 amide bonds. The van der Waals surface area contributed by atoms with Crippen molar-refractivity contribution in [2.24, 2.45) is 0 Å². The summed E-state index contributed by atoms with van der Waals surface area (Å²) in [6, 6.07) is 4.72. The minimum atomic E-state index is 0.459. The van der Waals surface area contributed by atoms with Gasteiger partial charge >= 0.3 is 0 Å². The molecular weight excluding hydrogens is 222 g/mol. The van der Waals surface area contributed by atoms with Crippen LogP contribution in [0.15, 0.2) is 16.5 Å². The summed E-state index contributed by atoms with van der Waals surface area (Å²) in [7, 11) is 1.78. The predicted molar refractivity (Wildman–Crippen MR) is 66.6 cm³/mol. The van der Waals surface area contributed by atoms with Gasteiger partial charge in [0.15, 0.2) is 0 Å². The fraction of sp³-hybridized carbons (Fsp3) is 0.667. The lowest BCUT2D eigenvalue weighted by molar-refractivity contribution is 0.0165. The molecule has 0 spiro atoms. The Labute approximate surface area is 101 Å². The molecule has 0 radical (unpaired) electrons. The van der Waals surface area contributed by atoms with E-state index in [2.05, 4.69) is 23.7 Å². The highest BCUT2D eigenvalue weighted by molar-refractivity contribution is 7.97. The molecule has 2 rings (SSSR count). The highest BCUT2D eigenvalue weighted by Crippen LogP contribution is 2.23. The highest BCUT2D eigenvalue weighted by atomic mass is 32.2. The minimum Gasteiger partial charge on any atom is -0.464 e. The number of methoxy groups -OCH3 is 1. The molecule has 0 aliphatic heterocycles. The first-order valence-electron chi connectivity index (χ1n) is 5.64. The van der Waals surface area contributed by atoms with Gasteiger partial charge in [0.25, 0.3) is 0 Å². The number of thioether (sulfide) groups is 1. The molecule has 1 saturated carbocycles. The zero-order valence-corrected chi connectivity index (χ0v) is 10.7. The number of rotatable bonds is 6. The van der Waals surface area contributed by atoms with E-state index in [1.165, 1.54) is 0 Å². The smallest absolute Gasteiger partial charge is 0.118 e. The summed E-state index contributed by atoms with van der Waals surface area (Å²) in [6.45, 7) is 0.829. The molecule has 1 aromatic rings. The summed E-state index contributed by atoms with van der Waals surface area (Å²) in [6.07, 6.45) is 4.78. The third-order valence-electron chi connectivity index (χ3n) is 3.00. The molecular formula is C12H19NO2S. The van der Waals surface area contributed by atoms with Crippen molar-refractivity contribution in [1.29, 1.82) is 0 Å². The van der Waals surface area contributed by atoms with Crippen LogP contribution in [0.1, 0.15) is 24.4 Å². The van der Waals surface area contributed by atoms with E-state index in [1.807, 2.05) is 0 Å². The Morgan fingerprint density at radius 1 is 1.44 bits per heavy atom. The first-order valence-corrected chi connectivity index (χ1v) is 7.04. The molecule has 0 bridgehead atoms. The zero-order chi connectivity index (χ0) is 11.4. The Hall–Kier alpha value is -0.450. The van der Waals surface area contributed by atoms with Crippen LogP contribution in [-0.4, -0.2) is 25.5 Å². The molecule has 4 heteroatoms. The minimum absolute atomic E-state index is 0.459. The average molecular weight is 241 g/mol. The van der Waals surface area contributed by atoms with E-state index in [0.29, 0.717) is 12.1 Å². The third kappa shape index (κ3) is 3.03. The van der Waals surface area contributed by atoms with E-state index in [4.69, 9.17) is 9.15 Å². The largest absolute Gasteiger partial charge is 0.464 e. The Balaban J connectivity index is 1.69. The van der Waals surface area contributed by atoms with E-state index in [-0.39, 0.29) is 0 Å². The lowest BCUT2D eigenvalue weighted by atomic mass is 9.89. The number of ether oxygens (including phenoxy) is 1. The second kappa shape index (κ2) is 5.75. The van der Waals surface area contributed by atoms with Gasteiger partial charge in [0, 0.05) is 13.2 Å². The molecule has 0 atom stereocenters. The van der Waals surface area contributed by atoms with Crippen LogP contribution in [-0.2, 0) is 17.0 Å². The van der Waals surface area contributed by atoms with Crippen LogP contribution < -0.4 is 5.32 Å². The second-order valence-electron chi connectivity index (χ2n) is 4.21. The van der Waals surface area contributed by atoms with Crippen molar-refractivity contribution in [3.05, 3.63) is 23.7 Å². The summed E-state index contributed by atoms with van der Waals surface area (Å²) >= 11 is 1.78. The summed E-state index contributed by atoms with van der Waals surface area (Å²) < 4.78 is 10.9. The lowest BCUT2D eigenvalue weighted by Gasteiger charge is -2.34. The van der Waals surface area contributed by atoms with Crippen LogP contribution in [0.4, 0.5) is 0 Å². The third-order valence-corrected chi connectivity index (χ3v) is 3.57. The van der Waals surface area contributed by atoms with Gasteiger partial charge in [0.05, 0.1) is 18.4 Å². The topological polar surface area (TPSA) is 34.4 Å². The van der Waals surface area contributed by atoms with Crippen molar-refractivity contribution < 1.29 is 9.15 Å². The summed E-state index contributed by atoms with van der Waals surface area (Å²) in [5.41, 5.74) is 0. The maximum atomic E-state index is 5.68. The van der Waals surface area contributed by atoms with Gasteiger partial charge in [0.2, 0.25) is 0 Å². The molecule has 0 saturated heterocycles. The Bertz CT molecular complexity index is 321. The van der Waals surface area contributed by atoms with Crippen LogP contribution in [0.25, 0.3) is 0 Å². The second-order valence-corrected chi connectivity index (χ2v) is 5.07. The van der Waals surface area contributed by atoms with Crippen LogP contribution in [0.3, 0.4) is 0 Å². The van der Waals surface area contributed by atoms with E-state index in [9.17, 15) is 0 Å². The number of furan rings is 1. The van der Waals surface area contributed by atoms with Crippen molar-refractivity contribution in [1.82, 2.24) is 5.32 Å². The number of hydrogen-bond donors (Lipinski definition) is 1. The first-order chi connectivity index (χ1) is 7.81. The zero-order valence-electron chi connectivity index (χ0n) is 9.86. The lowest BCUT2D eigenvalue weighted by Crippen LogP contribution is -2.44. The van der Waals surface area contributed by atoms with E-state index >= 15 is 0 Å². The van der Waals surface area contributed by atoms with Crippen LogP contribution in [0.2, 0.25) is 0 Å². The van der Waals surface area contributed by atoms with Gasteiger partial charge in [0.1, 0.15) is 11.5 Å². The molecule has 1 aliphatic rings. The van der Waals surface area contributed by atoms with Gasteiger partial charge in [-0.05, 0) is 31.2 Å². The summed E-state index contributed by atoms with van der Waals surface area (Å²) in [5, 5.41) is 3.47. The molecule has 0 unspecified atom stereocenters. The van der Waals surface area contributed by atoms with Gasteiger partial charge < -0.3 is 14.5 Å². The fourth-order valence-corrected chi connectivity index (χ4v) is 2.35. The maximum absolute atomic E-state index is 5.68. The SMILES string of the molecule is COC1CC(NCc2ccc(CSC)o2)C1. The molecule has 16 heavy (non-hydrogen) atoms. The molecule has 0 aromatic carbocycles. The molecule has 1 heterocycles. The monoisotopic (exact) mass is 241 g/mol. The van der Waals surface area contributed by atoms with Crippen molar-refractivity contribution in [2.45, 2.75) is 37.3 Å². The summed E-state index contributed by atoms with van der Waals surface area (Å²) in [4.78, 5) is 0. The Morgan fingerprint density at radius 3 is 2.88 bits per heavy atom. The van der Waals surface area contributed by atoms with Crippen molar-refractivity contribution in [3.63, 3.8) is 0 Å². The van der Waals surface area contributed by atoms with Crippen molar-refractivity contribution in [3.8, 4) is 0 Å². The van der Waals surface area contributed by atoms with Crippen molar-refractivity contribution >= 4 is 11.8 Å². The van der Waals surface area contributed by atoms with Gasteiger partial charge in [-0.15, -0.1) is 0 Å². The quantitative estimate of drug-likeness (QED) is 0.829. The van der Waals surface area contributed by atoms with Crippen LogP contribution >= 0.6 is 11.8 Å². The maximum Gasteiger partial charge on any atom is 0.118 e. The standard InChI is InChI=1S/C12H19NO2S/c1-14-12-5-9(6-12)13-7-10-3-4-11(15-10)8-16-2/h3-4,9,12-13H,5-8H2,1-2H3. The highest BCUT2D eigenvalue weighted by Gasteiger charge is 2.28. The number of hydrogen-bond acceptors (Lipinski definition) is 4. The molecule has 1 N–H and O–H groups in total. The Kier molecular flexibility index (Phi) is 4.32. The Morgan fingerprint density at radius 2 is 2.19 bits per heavy atom. The molecule has 1 aliphatic carbocycles. The van der Waals surface area contributed by atoms with Gasteiger partial charge in [-0.1, -0.05) is 0 Å². The molecule has 3 nitrogen and oxygen atoms in total. The molecule has 1 aromatic heterocycles. The van der Waals surface area contributed by atoms with Gasteiger partial charge in [-0.3, -0.25) is 0 Å². The van der Waals surface area contributed by atoms with E-state index < -0.39 is 0 Å². The summed E-state index contributed by atoms with van der Waals surface area (Å²) in [5.74, 6) is 3.05. The van der Waals surface area contributed by atoms with E-state index in [1.54, 1.807) is 18.9 Å². The van der Waals surface area contributed by atoms with Gasteiger partial charge in [-0.2, -0.15) is 11.8 Å². The number of nitrogens with one attached hydrogen (secondary N) is 1. The van der Waals surface area contributed by atoms with Gasteiger partial charge in [-0.25, -0.2) is 0 Å².